The van der Waals surface area contributed by atoms with E-state index in [0.29, 0.717) is 16.3 Å². The summed E-state index contributed by atoms with van der Waals surface area (Å²) in [5.74, 6) is -4.34. The van der Waals surface area contributed by atoms with Crippen LogP contribution in [-0.2, 0) is 43.2 Å². The molecule has 17 heteroatoms. The van der Waals surface area contributed by atoms with Gasteiger partial charge in [0.25, 0.3) is 0 Å². The van der Waals surface area contributed by atoms with E-state index >= 15 is 0 Å². The number of fused-ring (bicyclic) bond motifs is 1. The van der Waals surface area contributed by atoms with Gasteiger partial charge in [-0.05, 0) is 77.9 Å². The number of thiazole rings is 1. The molecule has 1 heterocycles. The molecule has 0 amide bonds. The van der Waals surface area contributed by atoms with Gasteiger partial charge < -0.3 is 23.7 Å². The fourth-order valence-corrected chi connectivity index (χ4v) is 5.29. The SMILES string of the molecule is C=CC(=O)OCOOC(=O)/C=C/c1ccc(C(=O)Oc2ccc(OC(=O)c3ccc(/C=C/C(=O)OCOC(=O)C=C)cc3)c(/C=N/Nc3nc4ccccc4s3)c2)cc1. The lowest BCUT2D eigenvalue weighted by molar-refractivity contribution is -0.300. The Morgan fingerprint density at radius 1 is 0.678 bits per heavy atom. The van der Waals surface area contributed by atoms with Crippen LogP contribution in [0.15, 0.2) is 134 Å². The molecule has 0 atom stereocenters. The summed E-state index contributed by atoms with van der Waals surface area (Å²) < 4.78 is 26.1. The Balaban J connectivity index is 1.24. The summed E-state index contributed by atoms with van der Waals surface area (Å²) in [5, 5.41) is 4.78. The normalized spacial score (nSPS) is 10.9. The third-order valence-corrected chi connectivity index (χ3v) is 8.24. The van der Waals surface area contributed by atoms with Gasteiger partial charge in [0.1, 0.15) is 11.5 Å². The van der Waals surface area contributed by atoms with E-state index in [9.17, 15) is 28.8 Å². The third kappa shape index (κ3) is 13.3. The molecule has 5 rings (SSSR count). The first-order chi connectivity index (χ1) is 28.6. The van der Waals surface area contributed by atoms with Crippen LogP contribution in [0.2, 0.25) is 0 Å². The monoisotopic (exact) mass is 817 g/mol. The number of benzene rings is 4. The number of ether oxygens (including phenoxy) is 5. The maximum Gasteiger partial charge on any atom is 0.366 e. The topological polar surface area (TPSA) is 204 Å². The first-order valence-electron chi connectivity index (χ1n) is 17.0. The highest BCUT2D eigenvalue weighted by Gasteiger charge is 2.15. The molecule has 1 N–H and O–H groups in total. The van der Waals surface area contributed by atoms with E-state index in [0.717, 1.165) is 34.5 Å². The standard InChI is InChI=1S/C42H31N3O13S/c1-3-36(46)52-25-53-38(48)21-13-27-11-17-30(18-12-27)41(51)57-34-20-19-32(23-31(34)24-43-45-42-44-33-7-5-6-8-35(33)59-42)56-40(50)29-15-9-28(10-16-29)14-22-39(49)58-55-26-54-37(47)4-2/h3-24H,1-2,25-26H2,(H,44,45)/b21-13+,22-14+,43-24+. The molecule has 0 saturated carbocycles. The highest BCUT2D eigenvalue weighted by atomic mass is 32.1. The number of aromatic nitrogens is 1. The molecule has 1 aromatic heterocycles. The van der Waals surface area contributed by atoms with Gasteiger partial charge in [-0.15, -0.1) is 4.89 Å². The van der Waals surface area contributed by atoms with Crippen LogP contribution in [0.3, 0.4) is 0 Å². The molecule has 0 aliphatic carbocycles. The van der Waals surface area contributed by atoms with Crippen molar-refractivity contribution in [2.24, 2.45) is 5.10 Å². The summed E-state index contributed by atoms with van der Waals surface area (Å²) in [6.45, 7) is 5.29. The molecule has 5 aromatic rings. The second-order valence-electron chi connectivity index (χ2n) is 11.3. The summed E-state index contributed by atoms with van der Waals surface area (Å²) in [6.07, 6.45) is 8.27. The summed E-state index contributed by atoms with van der Waals surface area (Å²) in [5.41, 5.74) is 5.39. The summed E-state index contributed by atoms with van der Waals surface area (Å²) in [6, 6.07) is 24.1. The van der Waals surface area contributed by atoms with Crippen LogP contribution in [0, 0.1) is 0 Å². The van der Waals surface area contributed by atoms with Crippen LogP contribution < -0.4 is 14.9 Å². The van der Waals surface area contributed by atoms with Crippen molar-refractivity contribution in [3.05, 3.63) is 156 Å². The van der Waals surface area contributed by atoms with Crippen molar-refractivity contribution in [2.45, 2.75) is 0 Å². The molecule has 298 valence electrons. The van der Waals surface area contributed by atoms with Crippen molar-refractivity contribution >= 4 is 80.9 Å². The fourth-order valence-electron chi connectivity index (χ4n) is 4.48. The molecule has 59 heavy (non-hydrogen) atoms. The molecule has 0 spiro atoms. The molecular formula is C42H31N3O13S. The Hall–Kier alpha value is -8.02. The minimum absolute atomic E-state index is 0.0892. The lowest BCUT2D eigenvalue weighted by Gasteiger charge is -2.10. The third-order valence-electron chi connectivity index (χ3n) is 7.29. The minimum atomic E-state index is -0.873. The number of hydrogen-bond acceptors (Lipinski definition) is 17. The van der Waals surface area contributed by atoms with Crippen LogP contribution in [0.5, 0.6) is 11.5 Å². The van der Waals surface area contributed by atoms with E-state index in [1.807, 2.05) is 24.3 Å². The van der Waals surface area contributed by atoms with Gasteiger partial charge in [0.15, 0.2) is 0 Å². The summed E-state index contributed by atoms with van der Waals surface area (Å²) in [4.78, 5) is 85.5. The van der Waals surface area contributed by atoms with Gasteiger partial charge >= 0.3 is 35.8 Å². The second-order valence-corrected chi connectivity index (χ2v) is 12.3. The Labute approximate surface area is 339 Å². The number of para-hydroxylation sites is 1. The van der Waals surface area contributed by atoms with Gasteiger partial charge in [0.05, 0.1) is 27.6 Å². The number of nitrogens with zero attached hydrogens (tertiary/aromatic N) is 2. The quantitative estimate of drug-likeness (QED) is 0.0145. The average Bonchev–Trinajstić information content (AvgIpc) is 3.67. The number of carbonyl (C=O) groups excluding carboxylic acids is 6. The lowest BCUT2D eigenvalue weighted by atomic mass is 10.1. The first kappa shape index (κ1) is 42.1. The van der Waals surface area contributed by atoms with Gasteiger partial charge in [-0.25, -0.2) is 33.8 Å². The van der Waals surface area contributed by atoms with Crippen molar-refractivity contribution in [3.63, 3.8) is 0 Å². The second kappa shape index (κ2) is 21.3. The van der Waals surface area contributed by atoms with Crippen LogP contribution in [0.1, 0.15) is 37.4 Å². The number of anilines is 1. The smallest absolute Gasteiger partial charge is 0.366 e. The maximum absolute atomic E-state index is 13.2. The molecule has 0 aliphatic heterocycles. The van der Waals surface area contributed by atoms with Crippen LogP contribution in [0.4, 0.5) is 5.13 Å². The average molecular weight is 818 g/mol. The molecule has 0 unspecified atom stereocenters. The Morgan fingerprint density at radius 2 is 1.27 bits per heavy atom. The van der Waals surface area contributed by atoms with E-state index in [2.05, 4.69) is 47.9 Å². The first-order valence-corrected chi connectivity index (χ1v) is 17.8. The van der Waals surface area contributed by atoms with Gasteiger partial charge in [0, 0.05) is 29.9 Å². The Kier molecular flexibility index (Phi) is 15.2. The molecule has 0 radical (unpaired) electrons. The number of esters is 5. The van der Waals surface area contributed by atoms with E-state index in [-0.39, 0.29) is 28.2 Å². The largest absolute Gasteiger partial charge is 0.431 e. The van der Waals surface area contributed by atoms with Crippen molar-refractivity contribution in [1.29, 1.82) is 0 Å². The van der Waals surface area contributed by atoms with Gasteiger partial charge in [0.2, 0.25) is 18.7 Å². The highest BCUT2D eigenvalue weighted by Crippen LogP contribution is 2.27. The molecule has 0 aliphatic rings. The van der Waals surface area contributed by atoms with Crippen molar-refractivity contribution < 1.29 is 62.2 Å². The number of hydrogen-bond donors (Lipinski definition) is 1. The zero-order chi connectivity index (χ0) is 42.0. The van der Waals surface area contributed by atoms with E-state index in [4.69, 9.17) is 14.2 Å². The Morgan fingerprint density at radius 3 is 1.92 bits per heavy atom. The van der Waals surface area contributed by atoms with Gasteiger partial charge in [-0.2, -0.15) is 5.10 Å². The van der Waals surface area contributed by atoms with Crippen molar-refractivity contribution in [1.82, 2.24) is 4.98 Å². The predicted octanol–water partition coefficient (Wildman–Crippen LogP) is 6.60. The van der Waals surface area contributed by atoms with Crippen molar-refractivity contribution in [3.8, 4) is 11.5 Å². The van der Waals surface area contributed by atoms with Crippen LogP contribution in [0.25, 0.3) is 22.4 Å². The molecule has 16 nitrogen and oxygen atoms in total. The molecule has 0 bridgehead atoms. The maximum atomic E-state index is 13.2. The molecular weight excluding hydrogens is 787 g/mol. The number of nitrogens with one attached hydrogen (secondary N) is 1. The number of rotatable bonds is 18. The fraction of sp³-hybridized carbons (Fsp3) is 0.0476. The highest BCUT2D eigenvalue weighted by molar-refractivity contribution is 7.22. The zero-order valence-electron chi connectivity index (χ0n) is 30.6. The van der Waals surface area contributed by atoms with E-state index in [1.54, 1.807) is 24.3 Å². The summed E-state index contributed by atoms with van der Waals surface area (Å²) >= 11 is 1.38. The Bertz CT molecular complexity index is 2420. The van der Waals surface area contributed by atoms with E-state index in [1.165, 1.54) is 72.2 Å². The minimum Gasteiger partial charge on any atom is -0.431 e. The van der Waals surface area contributed by atoms with Crippen LogP contribution in [-0.4, -0.2) is 60.6 Å². The zero-order valence-corrected chi connectivity index (χ0v) is 31.5. The van der Waals surface area contributed by atoms with E-state index < -0.39 is 49.4 Å². The molecule has 4 aromatic carbocycles. The molecule has 0 saturated heterocycles. The van der Waals surface area contributed by atoms with Crippen LogP contribution >= 0.6 is 11.3 Å². The summed E-state index contributed by atoms with van der Waals surface area (Å²) in [7, 11) is 0. The number of carbonyl (C=O) groups is 6. The van der Waals surface area contributed by atoms with Gasteiger partial charge in [-0.1, -0.05) is 60.9 Å². The predicted molar refractivity (Wildman–Crippen MR) is 214 cm³/mol. The number of hydrazone groups is 1. The van der Waals surface area contributed by atoms with Gasteiger partial charge in [-0.3, -0.25) is 10.3 Å². The van der Waals surface area contributed by atoms with Crippen molar-refractivity contribution in [2.75, 3.05) is 19.0 Å². The molecule has 0 fully saturated rings. The lowest BCUT2D eigenvalue weighted by Crippen LogP contribution is -2.11.